The monoisotopic (exact) mass is 281 g/mol. The quantitative estimate of drug-likeness (QED) is 0.800. The Bertz CT molecular complexity index is 443. The van der Waals surface area contributed by atoms with Crippen LogP contribution in [0.5, 0.6) is 5.75 Å². The molecule has 0 aliphatic carbocycles. The Hall–Kier alpha value is -2.24. The Morgan fingerprint density at radius 3 is 2.25 bits per heavy atom. The Balaban J connectivity index is 2.60. The molecule has 0 bridgehead atoms. The molecule has 0 saturated heterocycles. The number of nitrogens with one attached hydrogen (secondary N) is 1. The Labute approximate surface area is 118 Å². The van der Waals surface area contributed by atoms with Crippen molar-refractivity contribution in [2.45, 2.75) is 18.9 Å². The molecule has 1 unspecified atom stereocenters. The number of benzene rings is 1. The molecule has 0 spiro atoms. The number of hydrogen-bond acceptors (Lipinski definition) is 5. The fraction of sp³-hybridized carbons (Fsp3) is 0.429. The molecule has 0 aromatic heterocycles. The smallest absolute Gasteiger partial charge is 0.407 e. The summed E-state index contributed by atoms with van der Waals surface area (Å²) in [6, 6.07) is 6.78. The maximum Gasteiger partial charge on any atom is 0.407 e. The molecule has 1 atom stereocenters. The van der Waals surface area contributed by atoms with Gasteiger partial charge in [0, 0.05) is 0 Å². The molecule has 6 nitrogen and oxygen atoms in total. The van der Waals surface area contributed by atoms with Crippen molar-refractivity contribution in [3.8, 4) is 5.75 Å². The molecular formula is C14H19NO5. The first-order chi connectivity index (χ1) is 9.60. The summed E-state index contributed by atoms with van der Waals surface area (Å²) < 4.78 is 14.2. The summed E-state index contributed by atoms with van der Waals surface area (Å²) in [5.41, 5.74) is 1.03. The van der Waals surface area contributed by atoms with Crippen molar-refractivity contribution < 1.29 is 23.8 Å². The van der Waals surface area contributed by atoms with Crippen molar-refractivity contribution in [1.29, 1.82) is 0 Å². The van der Waals surface area contributed by atoms with Crippen LogP contribution in [0.4, 0.5) is 4.79 Å². The predicted octanol–water partition coefficient (Wildman–Crippen LogP) is 1.53. The van der Waals surface area contributed by atoms with Crippen LogP contribution in [0, 0.1) is 0 Å². The molecule has 110 valence electrons. The first-order valence-corrected chi connectivity index (χ1v) is 6.16. The zero-order chi connectivity index (χ0) is 15.0. The average Bonchev–Trinajstić information content (AvgIpc) is 2.50. The maximum atomic E-state index is 11.6. The number of hydrogen-bond donors (Lipinski definition) is 1. The van der Waals surface area contributed by atoms with E-state index in [9.17, 15) is 9.59 Å². The van der Waals surface area contributed by atoms with Crippen LogP contribution in [-0.4, -0.2) is 39.4 Å². The van der Waals surface area contributed by atoms with Crippen molar-refractivity contribution >= 4 is 12.1 Å². The summed E-state index contributed by atoms with van der Waals surface area (Å²) in [7, 11) is 4.12. The van der Waals surface area contributed by atoms with E-state index < -0.39 is 18.1 Å². The summed E-state index contributed by atoms with van der Waals surface area (Å²) in [5, 5.41) is 2.45. The van der Waals surface area contributed by atoms with E-state index in [0.717, 1.165) is 11.3 Å². The standard InChI is InChI=1S/C14H19NO5/c1-18-11-7-4-10(5-8-11)6-9-12(13(16)19-2)15-14(17)20-3/h4-5,7-8,12H,6,9H2,1-3H3,(H,15,17). The second-order valence-electron chi connectivity index (χ2n) is 4.10. The number of rotatable bonds is 6. The van der Waals surface area contributed by atoms with Gasteiger partial charge in [0.25, 0.3) is 0 Å². The number of alkyl carbamates (subject to hydrolysis) is 1. The van der Waals surface area contributed by atoms with Gasteiger partial charge in [-0.15, -0.1) is 0 Å². The summed E-state index contributed by atoms with van der Waals surface area (Å²) >= 11 is 0. The van der Waals surface area contributed by atoms with E-state index in [1.165, 1.54) is 14.2 Å². The highest BCUT2D eigenvalue weighted by Crippen LogP contribution is 2.13. The highest BCUT2D eigenvalue weighted by atomic mass is 16.5. The largest absolute Gasteiger partial charge is 0.497 e. The van der Waals surface area contributed by atoms with Gasteiger partial charge in [-0.2, -0.15) is 0 Å². The fourth-order valence-electron chi connectivity index (χ4n) is 1.70. The third kappa shape index (κ3) is 4.79. The minimum Gasteiger partial charge on any atom is -0.497 e. The van der Waals surface area contributed by atoms with Crippen LogP contribution in [0.15, 0.2) is 24.3 Å². The Morgan fingerprint density at radius 2 is 1.75 bits per heavy atom. The van der Waals surface area contributed by atoms with Crippen LogP contribution < -0.4 is 10.1 Å². The summed E-state index contributed by atoms with van der Waals surface area (Å²) in [4.78, 5) is 22.8. The van der Waals surface area contributed by atoms with Crippen molar-refractivity contribution in [1.82, 2.24) is 5.32 Å². The molecule has 1 aromatic carbocycles. The van der Waals surface area contributed by atoms with E-state index in [1.807, 2.05) is 24.3 Å². The van der Waals surface area contributed by atoms with Gasteiger partial charge in [-0.25, -0.2) is 9.59 Å². The zero-order valence-electron chi connectivity index (χ0n) is 11.8. The normalized spacial score (nSPS) is 11.3. The lowest BCUT2D eigenvalue weighted by atomic mass is 10.1. The molecule has 1 aromatic rings. The summed E-state index contributed by atoms with van der Waals surface area (Å²) in [6.45, 7) is 0. The van der Waals surface area contributed by atoms with Gasteiger partial charge in [-0.05, 0) is 30.5 Å². The van der Waals surface area contributed by atoms with E-state index in [4.69, 9.17) is 4.74 Å². The number of carbonyl (C=O) groups is 2. The molecule has 0 aliphatic heterocycles. The third-order valence-corrected chi connectivity index (χ3v) is 2.84. The highest BCUT2D eigenvalue weighted by molar-refractivity contribution is 5.81. The number of methoxy groups -OCH3 is 3. The van der Waals surface area contributed by atoms with Gasteiger partial charge in [-0.1, -0.05) is 12.1 Å². The van der Waals surface area contributed by atoms with Gasteiger partial charge < -0.3 is 19.5 Å². The third-order valence-electron chi connectivity index (χ3n) is 2.84. The Morgan fingerprint density at radius 1 is 1.10 bits per heavy atom. The first-order valence-electron chi connectivity index (χ1n) is 6.16. The molecule has 0 heterocycles. The minimum absolute atomic E-state index is 0.425. The predicted molar refractivity (Wildman–Crippen MR) is 72.7 cm³/mol. The zero-order valence-corrected chi connectivity index (χ0v) is 11.8. The summed E-state index contributed by atoms with van der Waals surface area (Å²) in [5.74, 6) is 0.273. The van der Waals surface area contributed by atoms with Crippen molar-refractivity contribution in [3.05, 3.63) is 29.8 Å². The van der Waals surface area contributed by atoms with Gasteiger partial charge in [0.15, 0.2) is 0 Å². The molecule has 1 rings (SSSR count). The molecule has 1 amide bonds. The molecular weight excluding hydrogens is 262 g/mol. The molecule has 6 heteroatoms. The van der Waals surface area contributed by atoms with Crippen LogP contribution in [0.1, 0.15) is 12.0 Å². The first kappa shape index (κ1) is 15.8. The Kier molecular flexibility index (Phi) is 6.36. The van der Waals surface area contributed by atoms with Gasteiger partial charge in [0.2, 0.25) is 0 Å². The maximum absolute atomic E-state index is 11.6. The average molecular weight is 281 g/mol. The molecule has 0 fully saturated rings. The number of carbonyl (C=O) groups excluding carboxylic acids is 2. The van der Waals surface area contributed by atoms with Crippen molar-refractivity contribution in [3.63, 3.8) is 0 Å². The topological polar surface area (TPSA) is 73.9 Å². The minimum atomic E-state index is -0.727. The lowest BCUT2D eigenvalue weighted by molar-refractivity contribution is -0.143. The summed E-state index contributed by atoms with van der Waals surface area (Å²) in [6.07, 6.45) is 0.386. The lowest BCUT2D eigenvalue weighted by Crippen LogP contribution is -2.41. The molecule has 1 N–H and O–H groups in total. The van der Waals surface area contributed by atoms with E-state index in [-0.39, 0.29) is 0 Å². The van der Waals surface area contributed by atoms with Crippen LogP contribution in [0.2, 0.25) is 0 Å². The van der Waals surface area contributed by atoms with E-state index >= 15 is 0 Å². The molecule has 0 aliphatic rings. The highest BCUT2D eigenvalue weighted by Gasteiger charge is 2.21. The number of esters is 1. The van der Waals surface area contributed by atoms with E-state index in [0.29, 0.717) is 12.8 Å². The molecule has 20 heavy (non-hydrogen) atoms. The van der Waals surface area contributed by atoms with Crippen LogP contribution in [0.3, 0.4) is 0 Å². The SMILES string of the molecule is COC(=O)NC(CCc1ccc(OC)cc1)C(=O)OC. The molecule has 0 radical (unpaired) electrons. The molecule has 0 saturated carbocycles. The van der Waals surface area contributed by atoms with E-state index in [1.54, 1.807) is 7.11 Å². The van der Waals surface area contributed by atoms with Gasteiger partial charge in [0.1, 0.15) is 11.8 Å². The van der Waals surface area contributed by atoms with Gasteiger partial charge >= 0.3 is 12.1 Å². The van der Waals surface area contributed by atoms with Crippen LogP contribution in [0.25, 0.3) is 0 Å². The second kappa shape index (κ2) is 8.04. The van der Waals surface area contributed by atoms with E-state index in [2.05, 4.69) is 14.8 Å². The number of amides is 1. The lowest BCUT2D eigenvalue weighted by Gasteiger charge is -2.15. The number of ether oxygens (including phenoxy) is 3. The van der Waals surface area contributed by atoms with Gasteiger partial charge in [-0.3, -0.25) is 0 Å². The van der Waals surface area contributed by atoms with Crippen LogP contribution >= 0.6 is 0 Å². The fourth-order valence-corrected chi connectivity index (χ4v) is 1.70. The van der Waals surface area contributed by atoms with Crippen molar-refractivity contribution in [2.75, 3.05) is 21.3 Å². The second-order valence-corrected chi connectivity index (χ2v) is 4.10. The van der Waals surface area contributed by atoms with Gasteiger partial charge in [0.05, 0.1) is 21.3 Å². The number of aryl methyl sites for hydroxylation is 1. The van der Waals surface area contributed by atoms with Crippen LogP contribution in [-0.2, 0) is 20.7 Å². The van der Waals surface area contributed by atoms with Crippen molar-refractivity contribution in [2.24, 2.45) is 0 Å².